The quantitative estimate of drug-likeness (QED) is 0.737. The van der Waals surface area contributed by atoms with E-state index in [1.54, 1.807) is 11.3 Å². The van der Waals surface area contributed by atoms with Crippen LogP contribution in [-0.4, -0.2) is 17.5 Å². The Morgan fingerprint density at radius 3 is 2.83 bits per heavy atom. The van der Waals surface area contributed by atoms with Gasteiger partial charge in [0.25, 0.3) is 0 Å². The first-order valence-corrected chi connectivity index (χ1v) is 8.70. The number of rotatable bonds is 5. The number of ether oxygens (including phenoxy) is 1. The molecular weight excluding hydrogens is 320 g/mol. The van der Waals surface area contributed by atoms with E-state index in [0.717, 1.165) is 37.8 Å². The molecule has 0 aliphatic carbocycles. The van der Waals surface area contributed by atoms with E-state index in [-0.39, 0.29) is 5.91 Å². The summed E-state index contributed by atoms with van der Waals surface area (Å²) in [6, 6.07) is 11.8. The number of fused-ring (bicyclic) bond motifs is 1. The van der Waals surface area contributed by atoms with Gasteiger partial charge in [-0.2, -0.15) is 0 Å². The highest BCUT2D eigenvalue weighted by atomic mass is 32.1. The second-order valence-corrected chi connectivity index (χ2v) is 7.07. The predicted octanol–water partition coefficient (Wildman–Crippen LogP) is 4.63. The molecule has 0 atom stereocenters. The maximum atomic E-state index is 12.1. The first-order valence-electron chi connectivity index (χ1n) is 7.88. The van der Waals surface area contributed by atoms with Gasteiger partial charge in [0.05, 0.1) is 28.3 Å². The average molecular weight is 340 g/mol. The molecule has 1 aromatic heterocycles. The summed E-state index contributed by atoms with van der Waals surface area (Å²) in [5.41, 5.74) is 3.98. The number of anilines is 1. The lowest BCUT2D eigenvalue weighted by Crippen LogP contribution is -2.15. The summed E-state index contributed by atoms with van der Waals surface area (Å²) in [6.45, 7) is 6.36. The first-order chi connectivity index (χ1) is 11.5. The van der Waals surface area contributed by atoms with Gasteiger partial charge in [-0.1, -0.05) is 12.1 Å². The molecule has 24 heavy (non-hydrogen) atoms. The van der Waals surface area contributed by atoms with Gasteiger partial charge < -0.3 is 10.1 Å². The fraction of sp³-hybridized carbons (Fsp3) is 0.263. The summed E-state index contributed by atoms with van der Waals surface area (Å²) in [6.07, 6.45) is 0.313. The number of amides is 1. The minimum absolute atomic E-state index is 0.0547. The van der Waals surface area contributed by atoms with E-state index in [1.165, 1.54) is 0 Å². The van der Waals surface area contributed by atoms with E-state index < -0.39 is 0 Å². The number of nitrogens with one attached hydrogen (secondary N) is 1. The van der Waals surface area contributed by atoms with Gasteiger partial charge in [0.2, 0.25) is 5.91 Å². The van der Waals surface area contributed by atoms with Crippen molar-refractivity contribution in [3.8, 4) is 5.75 Å². The van der Waals surface area contributed by atoms with Crippen LogP contribution in [-0.2, 0) is 4.79 Å². The predicted molar refractivity (Wildman–Crippen MR) is 99.0 cm³/mol. The van der Waals surface area contributed by atoms with Crippen LogP contribution in [0.4, 0.5) is 5.69 Å². The number of benzene rings is 2. The molecule has 4 nitrogen and oxygen atoms in total. The van der Waals surface area contributed by atoms with Crippen LogP contribution < -0.4 is 10.1 Å². The summed E-state index contributed by atoms with van der Waals surface area (Å²) in [4.78, 5) is 16.5. The fourth-order valence-electron chi connectivity index (χ4n) is 2.46. The van der Waals surface area contributed by atoms with Crippen molar-refractivity contribution >= 4 is 33.1 Å². The molecule has 0 unspecified atom stereocenters. The molecule has 124 valence electrons. The highest BCUT2D eigenvalue weighted by molar-refractivity contribution is 7.18. The van der Waals surface area contributed by atoms with Crippen molar-refractivity contribution < 1.29 is 9.53 Å². The van der Waals surface area contributed by atoms with Crippen LogP contribution >= 0.6 is 11.3 Å². The molecule has 0 bridgehead atoms. The van der Waals surface area contributed by atoms with Crippen LogP contribution in [0.5, 0.6) is 5.75 Å². The Morgan fingerprint density at radius 1 is 1.17 bits per heavy atom. The molecule has 1 heterocycles. The molecule has 3 rings (SSSR count). The Bertz CT molecular complexity index is 886. The second kappa shape index (κ2) is 7.01. The largest absolute Gasteiger partial charge is 0.493 e. The molecule has 0 saturated carbocycles. The summed E-state index contributed by atoms with van der Waals surface area (Å²) in [7, 11) is 0. The molecule has 0 saturated heterocycles. The molecule has 0 radical (unpaired) electrons. The van der Waals surface area contributed by atoms with Crippen LogP contribution in [0.3, 0.4) is 0 Å². The summed E-state index contributed by atoms with van der Waals surface area (Å²) < 4.78 is 6.81. The lowest BCUT2D eigenvalue weighted by atomic mass is 10.1. The van der Waals surface area contributed by atoms with Gasteiger partial charge in [-0.3, -0.25) is 4.79 Å². The molecule has 0 spiro atoms. The van der Waals surface area contributed by atoms with Crippen LogP contribution in [0.1, 0.15) is 22.6 Å². The van der Waals surface area contributed by atoms with Crippen LogP contribution in [0.15, 0.2) is 36.4 Å². The molecular formula is C19H20N2O2S. The van der Waals surface area contributed by atoms with Gasteiger partial charge in [0.15, 0.2) is 0 Å². The van der Waals surface area contributed by atoms with Crippen molar-refractivity contribution in [3.05, 3.63) is 52.5 Å². The topological polar surface area (TPSA) is 51.2 Å². The van der Waals surface area contributed by atoms with E-state index in [2.05, 4.69) is 10.3 Å². The molecule has 5 heteroatoms. The Morgan fingerprint density at radius 2 is 2.00 bits per heavy atom. The van der Waals surface area contributed by atoms with Gasteiger partial charge in [0, 0.05) is 5.69 Å². The lowest BCUT2D eigenvalue weighted by Gasteiger charge is -2.10. The van der Waals surface area contributed by atoms with Crippen molar-refractivity contribution in [1.82, 2.24) is 4.98 Å². The average Bonchev–Trinajstić information content (AvgIpc) is 2.90. The van der Waals surface area contributed by atoms with Crippen molar-refractivity contribution in [2.75, 3.05) is 11.9 Å². The molecule has 3 aromatic rings. The summed E-state index contributed by atoms with van der Waals surface area (Å²) >= 11 is 1.62. The van der Waals surface area contributed by atoms with E-state index in [1.807, 2.05) is 57.2 Å². The van der Waals surface area contributed by atoms with Crippen LogP contribution in [0, 0.1) is 20.8 Å². The van der Waals surface area contributed by atoms with Crippen molar-refractivity contribution in [2.24, 2.45) is 0 Å². The number of thiazole rings is 1. The maximum Gasteiger partial charge on any atom is 0.227 e. The van der Waals surface area contributed by atoms with E-state index in [9.17, 15) is 4.79 Å². The van der Waals surface area contributed by atoms with Gasteiger partial charge in [-0.15, -0.1) is 11.3 Å². The van der Waals surface area contributed by atoms with E-state index in [4.69, 9.17) is 4.74 Å². The number of aryl methyl sites for hydroxylation is 3. The Balaban J connectivity index is 1.55. The zero-order chi connectivity index (χ0) is 17.1. The van der Waals surface area contributed by atoms with Crippen molar-refractivity contribution in [1.29, 1.82) is 0 Å². The Kier molecular flexibility index (Phi) is 4.81. The number of nitrogens with zero attached hydrogens (tertiary/aromatic N) is 1. The van der Waals surface area contributed by atoms with Crippen molar-refractivity contribution in [3.63, 3.8) is 0 Å². The monoisotopic (exact) mass is 340 g/mol. The van der Waals surface area contributed by atoms with Crippen molar-refractivity contribution in [2.45, 2.75) is 27.2 Å². The smallest absolute Gasteiger partial charge is 0.227 e. The third-order valence-electron chi connectivity index (χ3n) is 3.71. The fourth-order valence-corrected chi connectivity index (χ4v) is 3.32. The molecule has 0 fully saturated rings. The van der Waals surface area contributed by atoms with Gasteiger partial charge >= 0.3 is 0 Å². The summed E-state index contributed by atoms with van der Waals surface area (Å²) in [5, 5.41) is 3.94. The standard InChI is InChI=1S/C19H20N2O2S/c1-12-4-5-13(2)17(10-12)23-9-8-19(22)21-15-6-7-16-18(11-15)24-14(3)20-16/h4-7,10-11H,8-9H2,1-3H3,(H,21,22). The number of carbonyl (C=O) groups excluding carboxylic acids is 1. The maximum absolute atomic E-state index is 12.1. The normalized spacial score (nSPS) is 10.8. The Hall–Kier alpha value is -2.40. The highest BCUT2D eigenvalue weighted by Crippen LogP contribution is 2.25. The summed E-state index contributed by atoms with van der Waals surface area (Å²) in [5.74, 6) is 0.783. The first kappa shape index (κ1) is 16.5. The molecule has 1 N–H and O–H groups in total. The number of carbonyl (C=O) groups is 1. The molecule has 0 aliphatic heterocycles. The SMILES string of the molecule is Cc1ccc(C)c(OCCC(=O)Nc2ccc3nc(C)sc3c2)c1. The minimum atomic E-state index is -0.0547. The number of aromatic nitrogens is 1. The zero-order valence-corrected chi connectivity index (χ0v) is 14.9. The second-order valence-electron chi connectivity index (χ2n) is 5.83. The lowest BCUT2D eigenvalue weighted by molar-refractivity contribution is -0.116. The van der Waals surface area contributed by atoms with Crippen LogP contribution in [0.25, 0.3) is 10.2 Å². The third kappa shape index (κ3) is 3.92. The van der Waals surface area contributed by atoms with Crippen LogP contribution in [0.2, 0.25) is 0 Å². The Labute approximate surface area is 145 Å². The third-order valence-corrected chi connectivity index (χ3v) is 4.64. The van der Waals surface area contributed by atoms with E-state index >= 15 is 0 Å². The van der Waals surface area contributed by atoms with Gasteiger partial charge in [-0.25, -0.2) is 4.98 Å². The number of hydrogen-bond donors (Lipinski definition) is 1. The van der Waals surface area contributed by atoms with E-state index in [0.29, 0.717) is 13.0 Å². The van der Waals surface area contributed by atoms with Gasteiger partial charge in [0.1, 0.15) is 5.75 Å². The molecule has 0 aliphatic rings. The number of hydrogen-bond acceptors (Lipinski definition) is 4. The molecule has 1 amide bonds. The minimum Gasteiger partial charge on any atom is -0.493 e. The molecule has 2 aromatic carbocycles. The van der Waals surface area contributed by atoms with Gasteiger partial charge in [-0.05, 0) is 56.2 Å². The zero-order valence-electron chi connectivity index (χ0n) is 14.1. The highest BCUT2D eigenvalue weighted by Gasteiger charge is 2.07.